The Morgan fingerprint density at radius 2 is 0.846 bits per heavy atom. The van der Waals surface area contributed by atoms with Crippen molar-refractivity contribution in [3.05, 3.63) is 120 Å². The molecule has 8 N–H and O–H groups in total. The fourth-order valence-corrected chi connectivity index (χ4v) is 6.79. The average molecular weight is 743 g/mol. The van der Waals surface area contributed by atoms with Gasteiger partial charge in [0.05, 0.1) is 11.4 Å². The Labute approximate surface area is 295 Å². The van der Waals surface area contributed by atoms with Gasteiger partial charge >= 0.3 is 6.03 Å². The molecular formula is C35H26N4O11S2. The summed E-state index contributed by atoms with van der Waals surface area (Å²) < 4.78 is 68.0. The largest absolute Gasteiger partial charge is 0.507 e. The lowest BCUT2D eigenvalue weighted by Gasteiger charge is -2.14. The Balaban J connectivity index is 1.19. The molecule has 0 aliphatic heterocycles. The number of benzene rings is 6. The van der Waals surface area contributed by atoms with Gasteiger partial charge in [0.2, 0.25) is 0 Å². The minimum atomic E-state index is -4.79. The minimum Gasteiger partial charge on any atom is -0.507 e. The number of carbonyl (C=O) groups is 3. The number of carbonyl (C=O) groups excluding carboxylic acids is 3. The van der Waals surface area contributed by atoms with E-state index in [-0.39, 0.29) is 66.9 Å². The van der Waals surface area contributed by atoms with Crippen LogP contribution in [0.25, 0.3) is 21.5 Å². The third kappa shape index (κ3) is 7.32. The van der Waals surface area contributed by atoms with Gasteiger partial charge in [0, 0.05) is 44.0 Å². The van der Waals surface area contributed by atoms with Gasteiger partial charge in [-0.2, -0.15) is 16.8 Å². The molecule has 0 aliphatic rings. The highest BCUT2D eigenvalue weighted by Gasteiger charge is 2.23. The van der Waals surface area contributed by atoms with Crippen LogP contribution in [0.2, 0.25) is 0 Å². The molecule has 0 saturated carbocycles. The Morgan fingerprint density at radius 1 is 0.462 bits per heavy atom. The lowest BCUT2D eigenvalue weighted by molar-refractivity contribution is 0.101. The predicted octanol–water partition coefficient (Wildman–Crippen LogP) is 6.05. The molecule has 6 rings (SSSR count). The predicted molar refractivity (Wildman–Crippen MR) is 192 cm³/mol. The summed E-state index contributed by atoms with van der Waals surface area (Å²) in [5.41, 5.74) is -0.285. The van der Waals surface area contributed by atoms with Crippen molar-refractivity contribution in [2.24, 2.45) is 0 Å². The van der Waals surface area contributed by atoms with Crippen LogP contribution in [0.5, 0.6) is 11.5 Å². The molecular weight excluding hydrogens is 717 g/mol. The minimum absolute atomic E-state index is 0.0130. The van der Waals surface area contributed by atoms with Crippen molar-refractivity contribution in [3.63, 3.8) is 0 Å². The van der Waals surface area contributed by atoms with Crippen molar-refractivity contribution in [1.29, 1.82) is 0 Å². The van der Waals surface area contributed by atoms with Crippen molar-refractivity contribution in [2.75, 3.05) is 21.3 Å². The quantitative estimate of drug-likeness (QED) is 0.0834. The molecule has 6 aromatic rings. The Kier molecular flexibility index (Phi) is 9.26. The topological polar surface area (TPSA) is 249 Å². The molecule has 0 spiro atoms. The van der Waals surface area contributed by atoms with Crippen molar-refractivity contribution < 1.29 is 50.5 Å². The molecule has 52 heavy (non-hydrogen) atoms. The van der Waals surface area contributed by atoms with Crippen LogP contribution in [0.4, 0.5) is 27.5 Å². The molecule has 4 amide bonds. The lowest BCUT2D eigenvalue weighted by atomic mass is 10.1. The SMILES string of the molecule is O=C(Nc1cccc(C(=O)Nc2c(S(=O)(=O)O)ccc3c(O)cccc23)c1)Nc1cccc(C(=O)Nc2c(S(=O)(=O)O)ccc3c(O)cccc23)c1. The number of phenols is 2. The second-order valence-corrected chi connectivity index (χ2v) is 14.0. The lowest BCUT2D eigenvalue weighted by Crippen LogP contribution is -2.21. The Hall–Kier alpha value is -6.53. The first kappa shape index (κ1) is 35.3. The van der Waals surface area contributed by atoms with Gasteiger partial charge in [-0.1, -0.05) is 36.4 Å². The number of amides is 4. The van der Waals surface area contributed by atoms with Crippen molar-refractivity contribution >= 4 is 82.4 Å². The van der Waals surface area contributed by atoms with E-state index >= 15 is 0 Å². The first-order valence-corrected chi connectivity index (χ1v) is 17.8. The standard InChI is InChI=1S/C35H26N4O11S2/c40-27-11-3-9-25-23(27)13-15-29(51(45,46)47)31(25)38-33(42)19-5-1-7-21(17-19)36-35(44)37-22-8-2-6-20(18-22)34(43)39-32-26-10-4-12-28(41)24(26)14-16-30(32)52(48,49)50/h1-18,40-41H,(H,38,42)(H,39,43)(H2,36,37,44)(H,45,46,47)(H,48,49,50). The zero-order valence-electron chi connectivity index (χ0n) is 26.4. The summed E-state index contributed by atoms with van der Waals surface area (Å²) in [6, 6.07) is 23.6. The third-order valence-corrected chi connectivity index (χ3v) is 9.59. The number of phenolic OH excluding ortho intramolecular Hbond substituents is 2. The highest BCUT2D eigenvalue weighted by molar-refractivity contribution is 7.86. The summed E-state index contributed by atoms with van der Waals surface area (Å²) in [5.74, 6) is -1.98. The van der Waals surface area contributed by atoms with Crippen LogP contribution in [-0.4, -0.2) is 54.0 Å². The molecule has 6 aromatic carbocycles. The van der Waals surface area contributed by atoms with E-state index in [1.807, 2.05) is 0 Å². The molecule has 17 heteroatoms. The molecule has 0 saturated heterocycles. The van der Waals surface area contributed by atoms with Gasteiger partial charge in [0.25, 0.3) is 32.1 Å². The zero-order chi connectivity index (χ0) is 37.4. The molecule has 0 radical (unpaired) electrons. The van der Waals surface area contributed by atoms with Crippen LogP contribution in [0, 0.1) is 0 Å². The smallest absolute Gasteiger partial charge is 0.323 e. The molecule has 264 valence electrons. The maximum Gasteiger partial charge on any atom is 0.323 e. The summed E-state index contributed by atoms with van der Waals surface area (Å²) in [4.78, 5) is 38.3. The van der Waals surface area contributed by atoms with Gasteiger partial charge < -0.3 is 31.5 Å². The molecule has 0 atom stereocenters. The molecule has 0 unspecified atom stereocenters. The Bertz CT molecular complexity index is 2500. The number of anilines is 4. The van der Waals surface area contributed by atoms with E-state index < -0.39 is 47.9 Å². The fourth-order valence-electron chi connectivity index (χ4n) is 5.47. The zero-order valence-corrected chi connectivity index (χ0v) is 28.0. The molecule has 0 aliphatic carbocycles. The number of rotatable bonds is 8. The van der Waals surface area contributed by atoms with E-state index in [1.165, 1.54) is 97.1 Å². The average Bonchev–Trinajstić information content (AvgIpc) is 3.08. The molecule has 0 fully saturated rings. The van der Waals surface area contributed by atoms with Crippen LogP contribution >= 0.6 is 0 Å². The Morgan fingerprint density at radius 3 is 1.23 bits per heavy atom. The van der Waals surface area contributed by atoms with Gasteiger partial charge in [-0.15, -0.1) is 0 Å². The van der Waals surface area contributed by atoms with E-state index in [1.54, 1.807) is 0 Å². The molecule has 0 bridgehead atoms. The maximum absolute atomic E-state index is 13.3. The van der Waals surface area contributed by atoms with E-state index in [0.717, 1.165) is 12.1 Å². The number of fused-ring (bicyclic) bond motifs is 2. The number of nitrogens with one attached hydrogen (secondary N) is 4. The van der Waals surface area contributed by atoms with Gasteiger partial charge in [0.15, 0.2) is 0 Å². The summed E-state index contributed by atoms with van der Waals surface area (Å²) in [6.07, 6.45) is 0. The van der Waals surface area contributed by atoms with Crippen LogP contribution in [-0.2, 0) is 20.2 Å². The highest BCUT2D eigenvalue weighted by Crippen LogP contribution is 2.37. The fraction of sp³-hybridized carbons (Fsp3) is 0. The third-order valence-electron chi connectivity index (χ3n) is 7.80. The highest BCUT2D eigenvalue weighted by atomic mass is 32.2. The molecule has 15 nitrogen and oxygen atoms in total. The van der Waals surface area contributed by atoms with Gasteiger partial charge in [-0.3, -0.25) is 18.7 Å². The van der Waals surface area contributed by atoms with E-state index in [2.05, 4.69) is 21.3 Å². The number of urea groups is 1. The van der Waals surface area contributed by atoms with E-state index in [0.29, 0.717) is 0 Å². The maximum atomic E-state index is 13.3. The van der Waals surface area contributed by atoms with Crippen LogP contribution < -0.4 is 21.3 Å². The first-order chi connectivity index (χ1) is 24.6. The van der Waals surface area contributed by atoms with Crippen molar-refractivity contribution in [3.8, 4) is 11.5 Å². The monoisotopic (exact) mass is 742 g/mol. The van der Waals surface area contributed by atoms with Crippen LogP contribution in [0.15, 0.2) is 119 Å². The summed E-state index contributed by atoms with van der Waals surface area (Å²) in [5, 5.41) is 31.2. The number of hydrogen-bond donors (Lipinski definition) is 8. The number of aromatic hydroxyl groups is 2. The number of hydrogen-bond acceptors (Lipinski definition) is 9. The van der Waals surface area contributed by atoms with Crippen LogP contribution in [0.3, 0.4) is 0 Å². The second-order valence-electron chi connectivity index (χ2n) is 11.2. The van der Waals surface area contributed by atoms with Crippen molar-refractivity contribution in [2.45, 2.75) is 9.79 Å². The molecule has 0 heterocycles. The molecule has 0 aromatic heterocycles. The summed E-state index contributed by atoms with van der Waals surface area (Å²) in [6.45, 7) is 0. The van der Waals surface area contributed by atoms with E-state index in [4.69, 9.17) is 0 Å². The normalized spacial score (nSPS) is 11.6. The van der Waals surface area contributed by atoms with Gasteiger partial charge in [-0.25, -0.2) is 4.79 Å². The summed E-state index contributed by atoms with van der Waals surface area (Å²) in [7, 11) is -9.58. The van der Waals surface area contributed by atoms with Crippen molar-refractivity contribution in [1.82, 2.24) is 0 Å². The first-order valence-electron chi connectivity index (χ1n) is 15.0. The van der Waals surface area contributed by atoms with Crippen LogP contribution in [0.1, 0.15) is 20.7 Å². The van der Waals surface area contributed by atoms with Gasteiger partial charge in [-0.05, 0) is 72.8 Å². The van der Waals surface area contributed by atoms with Gasteiger partial charge in [0.1, 0.15) is 21.3 Å². The second kappa shape index (κ2) is 13.6. The summed E-state index contributed by atoms with van der Waals surface area (Å²) >= 11 is 0. The van der Waals surface area contributed by atoms with E-state index in [9.17, 15) is 50.5 Å².